The Kier molecular flexibility index (Phi) is 7.22. The molecule has 0 N–H and O–H groups in total. The van der Waals surface area contributed by atoms with E-state index in [1.807, 2.05) is 0 Å². The van der Waals surface area contributed by atoms with Gasteiger partial charge in [0.25, 0.3) is 0 Å². The average molecular weight is 375 g/mol. The molecular formula is C26H34N2. The first-order valence-corrected chi connectivity index (χ1v) is 10.5. The number of aryl methyl sites for hydroxylation is 1. The summed E-state index contributed by atoms with van der Waals surface area (Å²) >= 11 is 0. The molecule has 0 bridgehead atoms. The van der Waals surface area contributed by atoms with Crippen LogP contribution in [0, 0.1) is 5.92 Å². The first-order chi connectivity index (χ1) is 13.5. The van der Waals surface area contributed by atoms with Gasteiger partial charge in [-0.05, 0) is 63.3 Å². The van der Waals surface area contributed by atoms with Crippen molar-refractivity contribution in [1.29, 1.82) is 0 Å². The van der Waals surface area contributed by atoms with E-state index in [0.29, 0.717) is 5.92 Å². The quantitative estimate of drug-likeness (QED) is 0.465. The van der Waals surface area contributed by atoms with E-state index in [1.54, 1.807) is 0 Å². The second kappa shape index (κ2) is 9.84. The molecule has 148 valence electrons. The molecule has 2 aliphatic rings. The molecule has 0 saturated heterocycles. The number of rotatable bonds is 9. The molecular weight excluding hydrogens is 340 g/mol. The highest BCUT2D eigenvalue weighted by Crippen LogP contribution is 2.29. The molecule has 2 nitrogen and oxygen atoms in total. The largest absolute Gasteiger partial charge is 0.298 e. The third-order valence-corrected chi connectivity index (χ3v) is 5.52. The number of hydrogen-bond acceptors (Lipinski definition) is 2. The van der Waals surface area contributed by atoms with Crippen molar-refractivity contribution in [2.45, 2.75) is 52.5 Å². The van der Waals surface area contributed by atoms with Gasteiger partial charge in [-0.3, -0.25) is 9.89 Å². The van der Waals surface area contributed by atoms with E-state index in [1.165, 1.54) is 40.1 Å². The topological polar surface area (TPSA) is 15.6 Å². The second-order valence-corrected chi connectivity index (χ2v) is 8.46. The Bertz CT molecular complexity index is 805. The zero-order valence-corrected chi connectivity index (χ0v) is 17.7. The minimum absolute atomic E-state index is 0.507. The predicted octanol–water partition coefficient (Wildman–Crippen LogP) is 6.27. The lowest BCUT2D eigenvalue weighted by atomic mass is 9.93. The molecule has 0 radical (unpaired) electrons. The molecule has 1 heterocycles. The van der Waals surface area contributed by atoms with Gasteiger partial charge in [0.05, 0.1) is 0 Å². The first kappa shape index (κ1) is 20.5. The van der Waals surface area contributed by atoms with Crippen LogP contribution in [0.15, 0.2) is 77.0 Å². The van der Waals surface area contributed by atoms with E-state index < -0.39 is 0 Å². The highest BCUT2D eigenvalue weighted by molar-refractivity contribution is 5.93. The minimum atomic E-state index is 0.507. The third kappa shape index (κ3) is 5.90. The smallest absolute Gasteiger partial charge is 0.0396 e. The molecule has 1 unspecified atom stereocenters. The summed E-state index contributed by atoms with van der Waals surface area (Å²) < 4.78 is 0. The van der Waals surface area contributed by atoms with Crippen molar-refractivity contribution in [3.05, 3.63) is 83.1 Å². The van der Waals surface area contributed by atoms with Gasteiger partial charge in [0.15, 0.2) is 0 Å². The average Bonchev–Trinajstić information content (AvgIpc) is 3.04. The van der Waals surface area contributed by atoms with Gasteiger partial charge >= 0.3 is 0 Å². The molecule has 1 aliphatic carbocycles. The Morgan fingerprint density at radius 1 is 1.14 bits per heavy atom. The van der Waals surface area contributed by atoms with Gasteiger partial charge in [-0.1, -0.05) is 60.7 Å². The van der Waals surface area contributed by atoms with Gasteiger partial charge in [0.1, 0.15) is 0 Å². The normalized spacial score (nSPS) is 18.9. The van der Waals surface area contributed by atoms with Crippen LogP contribution in [0.1, 0.15) is 50.7 Å². The summed E-state index contributed by atoms with van der Waals surface area (Å²) in [4.78, 5) is 7.30. The summed E-state index contributed by atoms with van der Waals surface area (Å²) in [6, 6.07) is 9.11. The standard InChI is InChI=1S/C26H34N2/c1-20(2)18-28(4)19-23-15-13-22(14-16-23)9-8-12-25-21(3)17-26(27-25)24-10-6-5-7-11-24/h5-7,10,13-16,24H,1,8-9,11-12,17-19H2,2-4H3. The van der Waals surface area contributed by atoms with Gasteiger partial charge in [0.2, 0.25) is 0 Å². The fourth-order valence-electron chi connectivity index (χ4n) is 4.09. The summed E-state index contributed by atoms with van der Waals surface area (Å²) in [7, 11) is 2.15. The SMILES string of the molecule is C=C(C)CN(C)Cc1ccc(CCCC2=C(C)CC(C3C=CC=CC3)=N2)cc1. The number of nitrogens with zero attached hydrogens (tertiary/aromatic N) is 2. The number of likely N-dealkylation sites (N-methyl/N-ethyl adjacent to an activating group) is 1. The first-order valence-electron chi connectivity index (χ1n) is 10.5. The van der Waals surface area contributed by atoms with Crippen molar-refractivity contribution in [2.75, 3.05) is 13.6 Å². The molecule has 1 aliphatic heterocycles. The minimum Gasteiger partial charge on any atom is -0.298 e. The molecule has 0 spiro atoms. The maximum atomic E-state index is 4.99. The van der Waals surface area contributed by atoms with E-state index in [0.717, 1.165) is 38.8 Å². The van der Waals surface area contributed by atoms with Crippen LogP contribution in [0.25, 0.3) is 0 Å². The highest BCUT2D eigenvalue weighted by atomic mass is 15.1. The van der Waals surface area contributed by atoms with E-state index in [4.69, 9.17) is 4.99 Å². The summed E-state index contributed by atoms with van der Waals surface area (Å²) in [5.74, 6) is 0.507. The lowest BCUT2D eigenvalue weighted by molar-refractivity contribution is 0.355. The summed E-state index contributed by atoms with van der Waals surface area (Å²) in [6.45, 7) is 10.3. The van der Waals surface area contributed by atoms with Gasteiger partial charge in [-0.15, -0.1) is 0 Å². The Labute approximate surface area is 171 Å². The van der Waals surface area contributed by atoms with Gasteiger partial charge < -0.3 is 0 Å². The fourth-order valence-corrected chi connectivity index (χ4v) is 4.09. The Morgan fingerprint density at radius 2 is 1.89 bits per heavy atom. The molecule has 3 rings (SSSR count). The second-order valence-electron chi connectivity index (χ2n) is 8.46. The highest BCUT2D eigenvalue weighted by Gasteiger charge is 2.20. The molecule has 0 saturated carbocycles. The molecule has 0 fully saturated rings. The molecule has 28 heavy (non-hydrogen) atoms. The van der Waals surface area contributed by atoms with Crippen LogP contribution in [0.4, 0.5) is 0 Å². The van der Waals surface area contributed by atoms with E-state index >= 15 is 0 Å². The maximum Gasteiger partial charge on any atom is 0.0396 e. The van der Waals surface area contributed by atoms with Crippen LogP contribution in [0.3, 0.4) is 0 Å². The van der Waals surface area contributed by atoms with Crippen molar-refractivity contribution in [2.24, 2.45) is 10.9 Å². The van der Waals surface area contributed by atoms with Crippen molar-refractivity contribution < 1.29 is 0 Å². The monoisotopic (exact) mass is 374 g/mol. The van der Waals surface area contributed by atoms with Gasteiger partial charge in [-0.2, -0.15) is 0 Å². The number of aliphatic imine (C=N–C) groups is 1. The number of benzene rings is 1. The van der Waals surface area contributed by atoms with Gasteiger partial charge in [-0.25, -0.2) is 0 Å². The van der Waals surface area contributed by atoms with Crippen LogP contribution >= 0.6 is 0 Å². The summed E-state index contributed by atoms with van der Waals surface area (Å²) in [5, 5.41) is 0. The van der Waals surface area contributed by atoms with Crippen LogP contribution in [0.2, 0.25) is 0 Å². The lowest BCUT2D eigenvalue weighted by Crippen LogP contribution is -2.19. The molecule has 1 aromatic rings. The zero-order valence-electron chi connectivity index (χ0n) is 17.7. The van der Waals surface area contributed by atoms with Crippen LogP contribution in [0.5, 0.6) is 0 Å². The summed E-state index contributed by atoms with van der Waals surface area (Å²) in [5.41, 5.74) is 8.15. The van der Waals surface area contributed by atoms with Crippen molar-refractivity contribution in [3.8, 4) is 0 Å². The molecule has 0 aromatic heterocycles. The maximum absolute atomic E-state index is 4.99. The Hall–Kier alpha value is -2.19. The third-order valence-electron chi connectivity index (χ3n) is 5.52. The van der Waals surface area contributed by atoms with E-state index in [-0.39, 0.29) is 0 Å². The van der Waals surface area contributed by atoms with E-state index in [9.17, 15) is 0 Å². The predicted molar refractivity (Wildman–Crippen MR) is 122 cm³/mol. The Morgan fingerprint density at radius 3 is 2.57 bits per heavy atom. The number of allylic oxidation sites excluding steroid dienone is 6. The van der Waals surface area contributed by atoms with E-state index in [2.05, 4.69) is 80.9 Å². The molecule has 1 atom stereocenters. The lowest BCUT2D eigenvalue weighted by Gasteiger charge is -2.16. The van der Waals surface area contributed by atoms with Crippen LogP contribution < -0.4 is 0 Å². The fraction of sp³-hybridized carbons (Fsp3) is 0.423. The Balaban J connectivity index is 1.46. The van der Waals surface area contributed by atoms with Crippen LogP contribution in [-0.2, 0) is 13.0 Å². The summed E-state index contributed by atoms with van der Waals surface area (Å²) in [6.07, 6.45) is 14.4. The van der Waals surface area contributed by atoms with Crippen molar-refractivity contribution in [3.63, 3.8) is 0 Å². The molecule has 1 aromatic carbocycles. The van der Waals surface area contributed by atoms with Crippen molar-refractivity contribution >= 4 is 5.71 Å². The molecule has 0 amide bonds. The van der Waals surface area contributed by atoms with Gasteiger partial charge in [0, 0.05) is 36.8 Å². The zero-order chi connectivity index (χ0) is 19.9. The molecule has 2 heteroatoms. The van der Waals surface area contributed by atoms with Crippen LogP contribution in [-0.4, -0.2) is 24.2 Å². The van der Waals surface area contributed by atoms with Crippen molar-refractivity contribution in [1.82, 2.24) is 4.90 Å². The number of hydrogen-bond donors (Lipinski definition) is 0.